The number of hydrogen-bond acceptors (Lipinski definition) is 2. The minimum absolute atomic E-state index is 0.0874. The summed E-state index contributed by atoms with van der Waals surface area (Å²) in [5, 5.41) is 0. The van der Waals surface area contributed by atoms with E-state index in [1.807, 2.05) is 0 Å². The highest BCUT2D eigenvalue weighted by Gasteiger charge is 2.26. The molecule has 0 radical (unpaired) electrons. The van der Waals surface area contributed by atoms with E-state index in [-0.39, 0.29) is 47.7 Å². The van der Waals surface area contributed by atoms with Crippen LogP contribution < -0.4 is 0 Å². The monoisotopic (exact) mass is 416 g/mol. The van der Waals surface area contributed by atoms with Crippen molar-refractivity contribution in [3.05, 3.63) is 82.9 Å². The van der Waals surface area contributed by atoms with Crippen LogP contribution in [0.25, 0.3) is 22.3 Å². The van der Waals surface area contributed by atoms with E-state index >= 15 is 0 Å². The molecule has 1 heterocycles. The minimum Gasteiger partial charge on any atom is -0.352 e. The van der Waals surface area contributed by atoms with Crippen molar-refractivity contribution in [1.82, 2.24) is 0 Å². The standard InChI is InChI=1S/C24H20F4O2/c1-13-3-8-18(22(26)21(13)25)15-4-6-16(7-5-15)19-9-10-20(24(28)23(19)27)17-11-29-14(2)30-12-17/h3-10,14,17H,11-12H2,1-2H3. The van der Waals surface area contributed by atoms with Crippen LogP contribution in [-0.4, -0.2) is 19.5 Å². The summed E-state index contributed by atoms with van der Waals surface area (Å²) in [5.74, 6) is -4.12. The van der Waals surface area contributed by atoms with Gasteiger partial charge in [-0.2, -0.15) is 0 Å². The van der Waals surface area contributed by atoms with E-state index in [1.165, 1.54) is 31.2 Å². The van der Waals surface area contributed by atoms with Gasteiger partial charge in [0.05, 0.1) is 13.2 Å². The lowest BCUT2D eigenvalue weighted by Crippen LogP contribution is -2.29. The maximum absolute atomic E-state index is 14.8. The Labute approximate surface area is 172 Å². The number of halogens is 4. The summed E-state index contributed by atoms with van der Waals surface area (Å²) < 4.78 is 68.3. The molecule has 1 fully saturated rings. The van der Waals surface area contributed by atoms with E-state index in [9.17, 15) is 17.6 Å². The fourth-order valence-electron chi connectivity index (χ4n) is 3.58. The molecule has 0 spiro atoms. The topological polar surface area (TPSA) is 18.5 Å². The van der Waals surface area contributed by atoms with Crippen LogP contribution in [0.4, 0.5) is 17.6 Å². The van der Waals surface area contributed by atoms with Crippen molar-refractivity contribution in [1.29, 1.82) is 0 Å². The van der Waals surface area contributed by atoms with Gasteiger partial charge >= 0.3 is 0 Å². The molecule has 1 aliphatic heterocycles. The van der Waals surface area contributed by atoms with Gasteiger partial charge in [-0.25, -0.2) is 17.6 Å². The first-order chi connectivity index (χ1) is 14.4. The van der Waals surface area contributed by atoms with Crippen LogP contribution in [0, 0.1) is 30.2 Å². The second-order valence-corrected chi connectivity index (χ2v) is 7.40. The molecule has 0 bridgehead atoms. The largest absolute Gasteiger partial charge is 0.352 e. The molecule has 4 rings (SSSR count). The lowest BCUT2D eigenvalue weighted by Gasteiger charge is -2.28. The number of ether oxygens (including phenoxy) is 2. The molecule has 1 saturated heterocycles. The van der Waals surface area contributed by atoms with Crippen molar-refractivity contribution in [2.24, 2.45) is 0 Å². The molecule has 2 nitrogen and oxygen atoms in total. The summed E-state index contributed by atoms with van der Waals surface area (Å²) in [6.45, 7) is 3.74. The van der Waals surface area contributed by atoms with Gasteiger partial charge in [-0.15, -0.1) is 0 Å². The molecular formula is C24H20F4O2. The summed E-state index contributed by atoms with van der Waals surface area (Å²) in [5.41, 5.74) is 1.49. The van der Waals surface area contributed by atoms with Gasteiger partial charge in [0.25, 0.3) is 0 Å². The summed E-state index contributed by atoms with van der Waals surface area (Å²) in [4.78, 5) is 0. The second kappa shape index (κ2) is 8.20. The zero-order chi connectivity index (χ0) is 21.4. The highest BCUT2D eigenvalue weighted by Crippen LogP contribution is 2.33. The third-order valence-corrected chi connectivity index (χ3v) is 5.40. The molecule has 1 aliphatic rings. The summed E-state index contributed by atoms with van der Waals surface area (Å²) in [6, 6.07) is 12.2. The van der Waals surface area contributed by atoms with Gasteiger partial charge in [-0.05, 0) is 36.1 Å². The van der Waals surface area contributed by atoms with Crippen LogP contribution in [0.1, 0.15) is 24.0 Å². The van der Waals surface area contributed by atoms with Gasteiger partial charge in [0, 0.05) is 17.0 Å². The Bertz CT molecular complexity index is 1070. The van der Waals surface area contributed by atoms with Crippen LogP contribution in [0.3, 0.4) is 0 Å². The fourth-order valence-corrected chi connectivity index (χ4v) is 3.58. The summed E-state index contributed by atoms with van der Waals surface area (Å²) in [7, 11) is 0. The van der Waals surface area contributed by atoms with Gasteiger partial charge in [0.15, 0.2) is 29.6 Å². The highest BCUT2D eigenvalue weighted by atomic mass is 19.2. The molecular weight excluding hydrogens is 396 g/mol. The average molecular weight is 416 g/mol. The van der Waals surface area contributed by atoms with Gasteiger partial charge in [-0.1, -0.05) is 48.5 Å². The zero-order valence-corrected chi connectivity index (χ0v) is 16.5. The van der Waals surface area contributed by atoms with Crippen LogP contribution in [0.5, 0.6) is 0 Å². The van der Waals surface area contributed by atoms with Crippen LogP contribution in [0.2, 0.25) is 0 Å². The van der Waals surface area contributed by atoms with Crippen LogP contribution >= 0.6 is 0 Å². The molecule has 0 unspecified atom stereocenters. The Kier molecular flexibility index (Phi) is 5.62. The third kappa shape index (κ3) is 3.73. The minimum atomic E-state index is -0.966. The van der Waals surface area contributed by atoms with Gasteiger partial charge in [0.2, 0.25) is 0 Å². The molecule has 156 valence electrons. The molecule has 0 amide bonds. The van der Waals surface area contributed by atoms with Crippen molar-refractivity contribution < 1.29 is 27.0 Å². The van der Waals surface area contributed by atoms with Gasteiger partial charge < -0.3 is 9.47 Å². The normalized spacial score (nSPS) is 19.1. The first-order valence-electron chi connectivity index (χ1n) is 9.63. The van der Waals surface area contributed by atoms with Gasteiger partial charge in [-0.3, -0.25) is 0 Å². The second-order valence-electron chi connectivity index (χ2n) is 7.40. The maximum Gasteiger partial charge on any atom is 0.166 e. The Morgan fingerprint density at radius 1 is 0.667 bits per heavy atom. The van der Waals surface area contributed by atoms with Crippen molar-refractivity contribution >= 4 is 0 Å². The molecule has 0 aromatic heterocycles. The summed E-state index contributed by atoms with van der Waals surface area (Å²) >= 11 is 0. The molecule has 30 heavy (non-hydrogen) atoms. The molecule has 0 N–H and O–H groups in total. The average Bonchev–Trinajstić information content (AvgIpc) is 2.75. The first kappa shape index (κ1) is 20.6. The Hall–Kier alpha value is -2.70. The summed E-state index contributed by atoms with van der Waals surface area (Å²) in [6.07, 6.45) is -0.362. The Balaban J connectivity index is 1.63. The van der Waals surface area contributed by atoms with Crippen molar-refractivity contribution in [2.45, 2.75) is 26.1 Å². The SMILES string of the molecule is Cc1ccc(-c2ccc(-c3ccc(C4COC(C)OC4)c(F)c3F)cc2)c(F)c1F. The van der Waals surface area contributed by atoms with E-state index in [2.05, 4.69) is 0 Å². The van der Waals surface area contributed by atoms with E-state index in [1.54, 1.807) is 31.2 Å². The molecule has 6 heteroatoms. The Morgan fingerprint density at radius 2 is 1.17 bits per heavy atom. The fraction of sp³-hybridized carbons (Fsp3) is 0.250. The number of aryl methyl sites for hydroxylation is 1. The zero-order valence-electron chi connectivity index (χ0n) is 16.5. The lowest BCUT2D eigenvalue weighted by molar-refractivity contribution is -0.176. The number of benzene rings is 3. The van der Waals surface area contributed by atoms with Crippen molar-refractivity contribution in [3.63, 3.8) is 0 Å². The van der Waals surface area contributed by atoms with Gasteiger partial charge in [0.1, 0.15) is 0 Å². The van der Waals surface area contributed by atoms with Crippen molar-refractivity contribution in [3.8, 4) is 22.3 Å². The van der Waals surface area contributed by atoms with E-state index in [0.717, 1.165) is 0 Å². The molecule has 0 saturated carbocycles. The van der Waals surface area contributed by atoms with Crippen molar-refractivity contribution in [2.75, 3.05) is 13.2 Å². The van der Waals surface area contributed by atoms with Crippen LogP contribution in [0.15, 0.2) is 48.5 Å². The lowest BCUT2D eigenvalue weighted by atomic mass is 9.94. The number of hydrogen-bond donors (Lipinski definition) is 0. The third-order valence-electron chi connectivity index (χ3n) is 5.40. The molecule has 3 aromatic carbocycles. The molecule has 3 aromatic rings. The quantitative estimate of drug-likeness (QED) is 0.463. The maximum atomic E-state index is 14.8. The highest BCUT2D eigenvalue weighted by molar-refractivity contribution is 5.71. The molecule has 0 atom stereocenters. The van der Waals surface area contributed by atoms with E-state index in [0.29, 0.717) is 11.1 Å². The Morgan fingerprint density at radius 3 is 1.73 bits per heavy atom. The number of rotatable bonds is 3. The predicted octanol–water partition coefficient (Wildman–Crippen LogP) is 6.36. The smallest absolute Gasteiger partial charge is 0.166 e. The van der Waals surface area contributed by atoms with E-state index in [4.69, 9.17) is 9.47 Å². The van der Waals surface area contributed by atoms with E-state index < -0.39 is 23.3 Å². The van der Waals surface area contributed by atoms with Crippen LogP contribution in [-0.2, 0) is 9.47 Å². The molecule has 0 aliphatic carbocycles. The predicted molar refractivity (Wildman–Crippen MR) is 106 cm³/mol. The first-order valence-corrected chi connectivity index (χ1v) is 9.63.